The van der Waals surface area contributed by atoms with Crippen LogP contribution in [0.3, 0.4) is 0 Å². The molecule has 0 radical (unpaired) electrons. The van der Waals surface area contributed by atoms with E-state index in [1.807, 2.05) is 6.08 Å². The Morgan fingerprint density at radius 1 is 1.56 bits per heavy atom. The quantitative estimate of drug-likeness (QED) is 0.588. The summed E-state index contributed by atoms with van der Waals surface area (Å²) in [6.45, 7) is 8.88. The number of rotatable bonds is 8. The van der Waals surface area contributed by atoms with E-state index in [4.69, 9.17) is 4.74 Å². The maximum absolute atomic E-state index is 5.44. The number of imidazole rings is 1. The van der Waals surface area contributed by atoms with Crippen LogP contribution < -0.4 is 5.32 Å². The first-order valence-electron chi connectivity index (χ1n) is 6.13. The summed E-state index contributed by atoms with van der Waals surface area (Å²) in [4.78, 5) is 5.57. The van der Waals surface area contributed by atoms with Gasteiger partial charge in [0.2, 0.25) is 0 Å². The summed E-state index contributed by atoms with van der Waals surface area (Å²) in [7, 11) is 0. The number of ether oxygens (including phenoxy) is 1. The van der Waals surface area contributed by atoms with Crippen molar-refractivity contribution in [3.63, 3.8) is 0 Å². The average Bonchev–Trinajstić information content (AvgIpc) is 2.90. The standard InChI is InChI=1S/C13H19N3OS/c1-3-4-7-17-8-5-14-10-12-11(2)15-13-16(12)6-9-18-13/h3,6,9,14H,1,4-5,7-8,10H2,2H3. The van der Waals surface area contributed by atoms with Crippen molar-refractivity contribution in [2.75, 3.05) is 19.8 Å². The lowest BCUT2D eigenvalue weighted by atomic mass is 10.3. The first-order valence-corrected chi connectivity index (χ1v) is 7.01. The summed E-state index contributed by atoms with van der Waals surface area (Å²) in [5, 5.41) is 5.44. The SMILES string of the molecule is C=CCCOCCNCc1c(C)nc2sccn12. The molecular weight excluding hydrogens is 246 g/mol. The molecule has 5 heteroatoms. The van der Waals surface area contributed by atoms with E-state index >= 15 is 0 Å². The van der Waals surface area contributed by atoms with Crippen LogP contribution >= 0.6 is 11.3 Å². The van der Waals surface area contributed by atoms with E-state index in [9.17, 15) is 0 Å². The molecule has 1 N–H and O–H groups in total. The number of nitrogens with one attached hydrogen (secondary N) is 1. The highest BCUT2D eigenvalue weighted by Gasteiger charge is 2.08. The maximum atomic E-state index is 5.44. The molecule has 0 atom stereocenters. The van der Waals surface area contributed by atoms with E-state index in [-0.39, 0.29) is 0 Å². The third-order valence-electron chi connectivity index (χ3n) is 2.74. The number of hydrogen-bond donors (Lipinski definition) is 1. The second-order valence-electron chi connectivity index (χ2n) is 4.07. The molecule has 0 unspecified atom stereocenters. The molecule has 0 saturated carbocycles. The van der Waals surface area contributed by atoms with E-state index in [0.29, 0.717) is 0 Å². The van der Waals surface area contributed by atoms with Gasteiger partial charge in [0.1, 0.15) is 0 Å². The average molecular weight is 265 g/mol. The topological polar surface area (TPSA) is 38.6 Å². The largest absolute Gasteiger partial charge is 0.380 e. The van der Waals surface area contributed by atoms with Crippen LogP contribution in [-0.2, 0) is 11.3 Å². The van der Waals surface area contributed by atoms with Gasteiger partial charge >= 0.3 is 0 Å². The van der Waals surface area contributed by atoms with Crippen molar-refractivity contribution in [3.05, 3.63) is 35.6 Å². The van der Waals surface area contributed by atoms with Gasteiger partial charge in [0.25, 0.3) is 0 Å². The van der Waals surface area contributed by atoms with E-state index in [1.165, 1.54) is 5.69 Å². The van der Waals surface area contributed by atoms with Gasteiger partial charge in [-0.1, -0.05) is 6.08 Å². The third-order valence-corrected chi connectivity index (χ3v) is 3.50. The molecule has 2 rings (SSSR count). The Morgan fingerprint density at radius 2 is 2.44 bits per heavy atom. The van der Waals surface area contributed by atoms with Crippen LogP contribution in [0.5, 0.6) is 0 Å². The molecule has 98 valence electrons. The summed E-state index contributed by atoms with van der Waals surface area (Å²) in [6, 6.07) is 0. The molecule has 2 aromatic rings. The number of thiazole rings is 1. The molecule has 0 aliphatic carbocycles. The number of fused-ring (bicyclic) bond motifs is 1. The third kappa shape index (κ3) is 3.19. The van der Waals surface area contributed by atoms with Crippen molar-refractivity contribution in [1.29, 1.82) is 0 Å². The van der Waals surface area contributed by atoms with Crippen LogP contribution in [0.4, 0.5) is 0 Å². The minimum absolute atomic E-state index is 0.735. The molecular formula is C13H19N3OS. The predicted molar refractivity (Wildman–Crippen MR) is 75.1 cm³/mol. The highest BCUT2D eigenvalue weighted by molar-refractivity contribution is 7.15. The van der Waals surface area contributed by atoms with E-state index in [1.54, 1.807) is 11.3 Å². The zero-order chi connectivity index (χ0) is 12.8. The van der Waals surface area contributed by atoms with Crippen molar-refractivity contribution in [3.8, 4) is 0 Å². The van der Waals surface area contributed by atoms with Gasteiger partial charge < -0.3 is 10.1 Å². The summed E-state index contributed by atoms with van der Waals surface area (Å²) in [6.07, 6.45) is 4.85. The normalized spacial score (nSPS) is 11.2. The summed E-state index contributed by atoms with van der Waals surface area (Å²) in [5.74, 6) is 0. The number of hydrogen-bond acceptors (Lipinski definition) is 4. The van der Waals surface area contributed by atoms with Gasteiger partial charge in [-0.05, 0) is 13.3 Å². The second-order valence-corrected chi connectivity index (χ2v) is 4.94. The molecule has 0 aromatic carbocycles. The molecule has 2 heterocycles. The Kier molecular flexibility index (Phi) is 4.92. The molecule has 0 amide bonds. The lowest BCUT2D eigenvalue weighted by Crippen LogP contribution is -2.20. The van der Waals surface area contributed by atoms with Crippen LogP contribution in [0, 0.1) is 6.92 Å². The predicted octanol–water partition coefficient (Wildman–Crippen LogP) is 2.39. The molecule has 0 spiro atoms. The number of aromatic nitrogens is 2. The minimum atomic E-state index is 0.735. The molecule has 4 nitrogen and oxygen atoms in total. The minimum Gasteiger partial charge on any atom is -0.380 e. The van der Waals surface area contributed by atoms with Crippen LogP contribution in [-0.4, -0.2) is 29.1 Å². The van der Waals surface area contributed by atoms with Gasteiger partial charge in [0, 0.05) is 24.7 Å². The molecule has 0 fully saturated rings. The van der Waals surface area contributed by atoms with Gasteiger partial charge in [-0.3, -0.25) is 4.40 Å². The zero-order valence-corrected chi connectivity index (χ0v) is 11.5. The molecule has 2 aromatic heterocycles. The fourth-order valence-corrected chi connectivity index (χ4v) is 2.55. The highest BCUT2D eigenvalue weighted by atomic mass is 32.1. The van der Waals surface area contributed by atoms with E-state index in [2.05, 4.69) is 39.8 Å². The van der Waals surface area contributed by atoms with Crippen LogP contribution in [0.1, 0.15) is 17.8 Å². The Morgan fingerprint density at radius 3 is 3.28 bits per heavy atom. The zero-order valence-electron chi connectivity index (χ0n) is 10.7. The van der Waals surface area contributed by atoms with Crippen LogP contribution in [0.15, 0.2) is 24.2 Å². The molecule has 0 aliphatic heterocycles. The van der Waals surface area contributed by atoms with Crippen molar-refractivity contribution in [2.24, 2.45) is 0 Å². The molecule has 0 saturated heterocycles. The first kappa shape index (κ1) is 13.3. The summed E-state index contributed by atoms with van der Waals surface area (Å²) < 4.78 is 7.59. The van der Waals surface area contributed by atoms with Crippen LogP contribution in [0.25, 0.3) is 4.96 Å². The fraction of sp³-hybridized carbons (Fsp3) is 0.462. The fourth-order valence-electron chi connectivity index (χ4n) is 1.77. The lowest BCUT2D eigenvalue weighted by Gasteiger charge is -2.05. The maximum Gasteiger partial charge on any atom is 0.194 e. The molecule has 18 heavy (non-hydrogen) atoms. The van der Waals surface area contributed by atoms with E-state index < -0.39 is 0 Å². The van der Waals surface area contributed by atoms with Gasteiger partial charge in [0.15, 0.2) is 4.96 Å². The van der Waals surface area contributed by atoms with E-state index in [0.717, 1.165) is 43.4 Å². The van der Waals surface area contributed by atoms with Crippen molar-refractivity contribution in [1.82, 2.24) is 14.7 Å². The van der Waals surface area contributed by atoms with Crippen molar-refractivity contribution >= 4 is 16.3 Å². The smallest absolute Gasteiger partial charge is 0.194 e. The lowest BCUT2D eigenvalue weighted by molar-refractivity contribution is 0.140. The summed E-state index contributed by atoms with van der Waals surface area (Å²) >= 11 is 1.67. The Bertz CT molecular complexity index is 503. The molecule has 0 aliphatic rings. The van der Waals surface area contributed by atoms with Crippen LogP contribution in [0.2, 0.25) is 0 Å². The first-order chi connectivity index (χ1) is 8.83. The van der Waals surface area contributed by atoms with Gasteiger partial charge in [-0.15, -0.1) is 17.9 Å². The monoisotopic (exact) mass is 265 g/mol. The Balaban J connectivity index is 1.74. The highest BCUT2D eigenvalue weighted by Crippen LogP contribution is 2.16. The van der Waals surface area contributed by atoms with Gasteiger partial charge in [-0.2, -0.15) is 0 Å². The molecule has 0 bridgehead atoms. The second kappa shape index (κ2) is 6.68. The number of nitrogens with zero attached hydrogens (tertiary/aromatic N) is 2. The van der Waals surface area contributed by atoms with Crippen molar-refractivity contribution < 1.29 is 4.74 Å². The Hall–Kier alpha value is -1.17. The van der Waals surface area contributed by atoms with Crippen molar-refractivity contribution in [2.45, 2.75) is 19.9 Å². The Labute approximate surface area is 111 Å². The van der Waals surface area contributed by atoms with Gasteiger partial charge in [0.05, 0.1) is 24.6 Å². The van der Waals surface area contributed by atoms with Gasteiger partial charge in [-0.25, -0.2) is 4.98 Å². The number of aryl methyl sites for hydroxylation is 1. The summed E-state index contributed by atoms with van der Waals surface area (Å²) in [5.41, 5.74) is 2.33.